The fourth-order valence-corrected chi connectivity index (χ4v) is 4.65. The third-order valence-corrected chi connectivity index (χ3v) is 6.76. The Morgan fingerprint density at radius 3 is 2.50 bits per heavy atom. The van der Waals surface area contributed by atoms with E-state index in [9.17, 15) is 4.79 Å². The Balaban J connectivity index is 1.51. The number of methoxy groups -OCH3 is 1. The molecule has 0 unspecified atom stereocenters. The van der Waals surface area contributed by atoms with Gasteiger partial charge in [-0.1, -0.05) is 24.1 Å². The molecule has 0 spiro atoms. The summed E-state index contributed by atoms with van der Waals surface area (Å²) in [5, 5.41) is 5.00. The normalized spacial score (nSPS) is 15.6. The van der Waals surface area contributed by atoms with E-state index >= 15 is 0 Å². The number of pyridine rings is 1. The number of hydrogen-bond acceptors (Lipinski definition) is 8. The molecule has 1 aliphatic heterocycles. The maximum atomic E-state index is 13.1. The van der Waals surface area contributed by atoms with Gasteiger partial charge in [0.15, 0.2) is 5.65 Å². The molecule has 5 rings (SSSR count). The van der Waals surface area contributed by atoms with Gasteiger partial charge in [-0.25, -0.2) is 19.1 Å². The first kappa shape index (κ1) is 20.9. The van der Waals surface area contributed by atoms with Crippen LogP contribution in [0.25, 0.3) is 16.7 Å². The van der Waals surface area contributed by atoms with Crippen LogP contribution in [0, 0.1) is 0 Å². The quantitative estimate of drug-likeness (QED) is 0.411. The second-order valence-corrected chi connectivity index (χ2v) is 8.70. The molecule has 32 heavy (non-hydrogen) atoms. The molecule has 3 aromatic heterocycles. The van der Waals surface area contributed by atoms with Crippen molar-refractivity contribution in [2.45, 2.75) is 13.1 Å². The van der Waals surface area contributed by atoms with Crippen LogP contribution in [0.5, 0.6) is 5.75 Å². The van der Waals surface area contributed by atoms with Crippen molar-refractivity contribution in [3.05, 3.63) is 64.5 Å². The summed E-state index contributed by atoms with van der Waals surface area (Å²) in [6.45, 7) is 5.36. The topological polar surface area (TPSA) is 80.8 Å². The van der Waals surface area contributed by atoms with Crippen LogP contribution in [0.3, 0.4) is 0 Å². The van der Waals surface area contributed by atoms with Gasteiger partial charge in [0.05, 0.1) is 19.0 Å². The first-order chi connectivity index (χ1) is 15.7. The van der Waals surface area contributed by atoms with Gasteiger partial charge in [-0.05, 0) is 35.6 Å². The highest BCUT2D eigenvalue weighted by molar-refractivity contribution is 7.96. The molecule has 9 nitrogen and oxygen atoms in total. The van der Waals surface area contributed by atoms with Crippen LogP contribution in [0.2, 0.25) is 0 Å². The third-order valence-electron chi connectivity index (χ3n) is 5.88. The van der Waals surface area contributed by atoms with Crippen molar-refractivity contribution in [2.75, 3.05) is 39.5 Å². The van der Waals surface area contributed by atoms with Crippen molar-refractivity contribution in [3.8, 4) is 5.75 Å². The van der Waals surface area contributed by atoms with Crippen LogP contribution < -0.4 is 10.4 Å². The van der Waals surface area contributed by atoms with Crippen LogP contribution in [-0.2, 0) is 13.1 Å². The van der Waals surface area contributed by atoms with Gasteiger partial charge in [0, 0.05) is 38.9 Å². The molecule has 1 aliphatic rings. The lowest BCUT2D eigenvalue weighted by Crippen LogP contribution is -2.42. The fraction of sp³-hybridized carbons (Fsp3) is 0.364. The van der Waals surface area contributed by atoms with Crippen LogP contribution in [-0.4, -0.2) is 72.9 Å². The van der Waals surface area contributed by atoms with E-state index in [1.807, 2.05) is 30.5 Å². The molecular formula is C22H25N7O2S. The van der Waals surface area contributed by atoms with Crippen molar-refractivity contribution in [2.24, 2.45) is 0 Å². The molecule has 0 radical (unpaired) electrons. The molecule has 0 bridgehead atoms. The molecule has 0 atom stereocenters. The molecular weight excluding hydrogens is 426 g/mol. The van der Waals surface area contributed by atoms with E-state index < -0.39 is 0 Å². The van der Waals surface area contributed by atoms with Gasteiger partial charge in [0.1, 0.15) is 17.7 Å². The average Bonchev–Trinajstić information content (AvgIpc) is 3.33. The standard InChI is InChI=1S/C22H25N7O2S/c1-31-18-5-3-16(4-6-18)14-28-20-19(21-24-15-25-29(21)22(28)30)11-17(12-23-20)13-26-7-9-27(32-2)10-8-26/h3-6,11-12,15H,7-10,13-14H2,1-2H3. The zero-order valence-electron chi connectivity index (χ0n) is 18.1. The van der Waals surface area contributed by atoms with Crippen molar-refractivity contribution in [3.63, 3.8) is 0 Å². The molecule has 0 saturated carbocycles. The van der Waals surface area contributed by atoms with Crippen LogP contribution in [0.15, 0.2) is 47.7 Å². The summed E-state index contributed by atoms with van der Waals surface area (Å²) < 4.78 is 10.6. The number of rotatable bonds is 6. The fourth-order valence-electron chi connectivity index (χ4n) is 4.12. The average molecular weight is 452 g/mol. The predicted octanol–water partition coefficient (Wildman–Crippen LogP) is 1.89. The summed E-state index contributed by atoms with van der Waals surface area (Å²) in [5.41, 5.74) is 2.98. The Labute approximate surface area is 189 Å². The Bertz CT molecular complexity index is 1290. The maximum Gasteiger partial charge on any atom is 0.352 e. The Morgan fingerprint density at radius 1 is 1.00 bits per heavy atom. The molecule has 0 aliphatic carbocycles. The third kappa shape index (κ3) is 3.96. The van der Waals surface area contributed by atoms with Gasteiger partial charge in [-0.15, -0.1) is 0 Å². The molecule has 1 saturated heterocycles. The molecule has 0 N–H and O–H groups in total. The molecule has 0 amide bonds. The zero-order chi connectivity index (χ0) is 22.1. The number of aromatic nitrogens is 5. The SMILES string of the molecule is COc1ccc(Cn2c(=O)n3ncnc3c3cc(CN4CCN(SC)CC4)cnc32)cc1. The lowest BCUT2D eigenvalue weighted by atomic mass is 10.2. The van der Waals surface area contributed by atoms with Gasteiger partial charge in [-0.3, -0.25) is 9.47 Å². The highest BCUT2D eigenvalue weighted by Crippen LogP contribution is 2.20. The lowest BCUT2D eigenvalue weighted by Gasteiger charge is -2.33. The van der Waals surface area contributed by atoms with Crippen LogP contribution in [0.1, 0.15) is 11.1 Å². The molecule has 166 valence electrons. The highest BCUT2D eigenvalue weighted by atomic mass is 32.2. The van der Waals surface area contributed by atoms with E-state index in [1.54, 1.807) is 23.6 Å². The Hall–Kier alpha value is -2.95. The van der Waals surface area contributed by atoms with Crippen molar-refractivity contribution in [1.82, 2.24) is 33.4 Å². The van der Waals surface area contributed by atoms with E-state index in [-0.39, 0.29) is 5.69 Å². The van der Waals surface area contributed by atoms with Gasteiger partial charge in [-0.2, -0.15) is 9.61 Å². The summed E-state index contributed by atoms with van der Waals surface area (Å²) in [5.74, 6) is 0.777. The maximum absolute atomic E-state index is 13.1. The molecule has 1 aromatic carbocycles. The summed E-state index contributed by atoms with van der Waals surface area (Å²) in [6, 6.07) is 9.77. The minimum Gasteiger partial charge on any atom is -0.497 e. The second kappa shape index (κ2) is 8.89. The van der Waals surface area contributed by atoms with Crippen molar-refractivity contribution >= 4 is 28.6 Å². The van der Waals surface area contributed by atoms with E-state index in [1.165, 1.54) is 10.8 Å². The minimum atomic E-state index is -0.255. The van der Waals surface area contributed by atoms with E-state index in [4.69, 9.17) is 9.72 Å². The number of nitrogens with zero attached hydrogens (tertiary/aromatic N) is 7. The van der Waals surface area contributed by atoms with Crippen molar-refractivity contribution in [1.29, 1.82) is 0 Å². The smallest absolute Gasteiger partial charge is 0.352 e. The monoisotopic (exact) mass is 451 g/mol. The predicted molar refractivity (Wildman–Crippen MR) is 125 cm³/mol. The van der Waals surface area contributed by atoms with E-state index in [2.05, 4.69) is 31.6 Å². The molecule has 1 fully saturated rings. The number of benzene rings is 1. The lowest BCUT2D eigenvalue weighted by molar-refractivity contribution is 0.189. The number of hydrogen-bond donors (Lipinski definition) is 0. The first-order valence-corrected chi connectivity index (χ1v) is 11.7. The number of ether oxygens (including phenoxy) is 1. The van der Waals surface area contributed by atoms with Gasteiger partial charge in [0.2, 0.25) is 0 Å². The number of piperazine rings is 1. The van der Waals surface area contributed by atoms with Crippen LogP contribution >= 0.6 is 11.9 Å². The van der Waals surface area contributed by atoms with Gasteiger partial charge in [0.25, 0.3) is 0 Å². The van der Waals surface area contributed by atoms with Gasteiger partial charge >= 0.3 is 5.69 Å². The number of fused-ring (bicyclic) bond motifs is 3. The zero-order valence-corrected chi connectivity index (χ0v) is 19.0. The Morgan fingerprint density at radius 2 is 1.78 bits per heavy atom. The largest absolute Gasteiger partial charge is 0.497 e. The Kier molecular flexibility index (Phi) is 5.81. The second-order valence-electron chi connectivity index (χ2n) is 7.81. The van der Waals surface area contributed by atoms with Crippen molar-refractivity contribution < 1.29 is 4.74 Å². The molecule has 4 aromatic rings. The minimum absolute atomic E-state index is 0.255. The van der Waals surface area contributed by atoms with Crippen LogP contribution in [0.4, 0.5) is 0 Å². The first-order valence-electron chi connectivity index (χ1n) is 10.5. The van der Waals surface area contributed by atoms with E-state index in [0.29, 0.717) is 17.8 Å². The highest BCUT2D eigenvalue weighted by Gasteiger charge is 2.18. The molecule has 10 heteroatoms. The summed E-state index contributed by atoms with van der Waals surface area (Å²) in [6.07, 6.45) is 5.42. The molecule has 4 heterocycles. The van der Waals surface area contributed by atoms with E-state index in [0.717, 1.165) is 55.0 Å². The summed E-state index contributed by atoms with van der Waals surface area (Å²) in [4.78, 5) is 24.6. The summed E-state index contributed by atoms with van der Waals surface area (Å²) in [7, 11) is 1.63. The summed E-state index contributed by atoms with van der Waals surface area (Å²) >= 11 is 1.80. The van der Waals surface area contributed by atoms with Gasteiger partial charge < -0.3 is 4.74 Å².